The van der Waals surface area contributed by atoms with Crippen LogP contribution in [0.4, 0.5) is 0 Å². The van der Waals surface area contributed by atoms with E-state index in [1.54, 1.807) is 0 Å². The summed E-state index contributed by atoms with van der Waals surface area (Å²) in [6.07, 6.45) is 5.00. The van der Waals surface area contributed by atoms with E-state index in [-0.39, 0.29) is 6.10 Å². The number of hydrogen-bond donors (Lipinski definition) is 1. The maximum Gasteiger partial charge on any atom is 0.115 e. The first kappa shape index (κ1) is 12.1. The van der Waals surface area contributed by atoms with Gasteiger partial charge in [0.05, 0.1) is 12.7 Å². The van der Waals surface area contributed by atoms with Gasteiger partial charge in [-0.3, -0.25) is 0 Å². The van der Waals surface area contributed by atoms with Gasteiger partial charge < -0.3 is 9.84 Å². The van der Waals surface area contributed by atoms with Gasteiger partial charge in [0, 0.05) is 0 Å². The van der Waals surface area contributed by atoms with E-state index in [9.17, 15) is 5.11 Å². The van der Waals surface area contributed by atoms with Crippen LogP contribution in [0.1, 0.15) is 32.6 Å². The maximum absolute atomic E-state index is 9.89. The molecule has 15 heavy (non-hydrogen) atoms. The standard InChI is InChI=1S/C13H20O2/c1-4-7-12-11(10(3)15-5-2)8-6-9-13(12)14/h4,13-14H,1,3,5-9H2,2H3. The molecule has 0 spiro atoms. The van der Waals surface area contributed by atoms with Crippen LogP contribution < -0.4 is 0 Å². The Kier molecular flexibility index (Phi) is 4.63. The van der Waals surface area contributed by atoms with Crippen LogP contribution in [0, 0.1) is 0 Å². The Bertz CT molecular complexity index is 276. The van der Waals surface area contributed by atoms with Crippen LogP contribution in [0.25, 0.3) is 0 Å². The maximum atomic E-state index is 9.89. The van der Waals surface area contributed by atoms with Crippen LogP contribution in [-0.4, -0.2) is 17.8 Å². The molecule has 2 heteroatoms. The number of ether oxygens (including phenoxy) is 1. The average molecular weight is 208 g/mol. The van der Waals surface area contributed by atoms with Crippen molar-refractivity contribution in [2.24, 2.45) is 0 Å². The van der Waals surface area contributed by atoms with E-state index in [4.69, 9.17) is 4.74 Å². The molecule has 0 aromatic rings. The van der Waals surface area contributed by atoms with Crippen molar-refractivity contribution in [2.45, 2.75) is 38.7 Å². The van der Waals surface area contributed by atoms with Crippen molar-refractivity contribution in [3.63, 3.8) is 0 Å². The molecule has 0 fully saturated rings. The number of aliphatic hydroxyl groups excluding tert-OH is 1. The Morgan fingerprint density at radius 1 is 1.67 bits per heavy atom. The topological polar surface area (TPSA) is 29.5 Å². The molecule has 0 heterocycles. The number of aliphatic hydroxyl groups is 1. The highest BCUT2D eigenvalue weighted by atomic mass is 16.5. The van der Waals surface area contributed by atoms with Gasteiger partial charge >= 0.3 is 0 Å². The van der Waals surface area contributed by atoms with Crippen molar-refractivity contribution in [1.82, 2.24) is 0 Å². The molecule has 1 unspecified atom stereocenters. The molecule has 0 amide bonds. The molecular formula is C13H20O2. The summed E-state index contributed by atoms with van der Waals surface area (Å²) >= 11 is 0. The van der Waals surface area contributed by atoms with E-state index in [1.165, 1.54) is 0 Å². The molecule has 0 bridgehead atoms. The predicted molar refractivity (Wildman–Crippen MR) is 62.5 cm³/mol. The lowest BCUT2D eigenvalue weighted by atomic mass is 9.87. The molecule has 0 saturated heterocycles. The minimum Gasteiger partial charge on any atom is -0.494 e. The average Bonchev–Trinajstić information content (AvgIpc) is 2.21. The van der Waals surface area contributed by atoms with Crippen LogP contribution in [0.2, 0.25) is 0 Å². The van der Waals surface area contributed by atoms with Gasteiger partial charge in [-0.05, 0) is 43.8 Å². The third-order valence-corrected chi connectivity index (χ3v) is 2.71. The van der Waals surface area contributed by atoms with Crippen LogP contribution in [0.15, 0.2) is 36.1 Å². The Balaban J connectivity index is 2.89. The molecule has 2 nitrogen and oxygen atoms in total. The van der Waals surface area contributed by atoms with E-state index in [1.807, 2.05) is 13.0 Å². The summed E-state index contributed by atoms with van der Waals surface area (Å²) < 4.78 is 5.41. The van der Waals surface area contributed by atoms with E-state index in [0.717, 1.165) is 36.8 Å². The lowest BCUT2D eigenvalue weighted by Gasteiger charge is -2.25. The molecule has 84 valence electrons. The van der Waals surface area contributed by atoms with Crippen LogP contribution in [0.3, 0.4) is 0 Å². The minimum absolute atomic E-state index is 0.344. The van der Waals surface area contributed by atoms with Gasteiger partial charge in [0.25, 0.3) is 0 Å². The van der Waals surface area contributed by atoms with Crippen LogP contribution >= 0.6 is 0 Å². The van der Waals surface area contributed by atoms with Crippen molar-refractivity contribution < 1.29 is 9.84 Å². The molecule has 0 saturated carbocycles. The zero-order valence-electron chi connectivity index (χ0n) is 9.46. The van der Waals surface area contributed by atoms with Crippen molar-refractivity contribution in [1.29, 1.82) is 0 Å². The third kappa shape index (κ3) is 2.96. The van der Waals surface area contributed by atoms with Crippen molar-refractivity contribution in [3.05, 3.63) is 36.1 Å². The minimum atomic E-state index is -0.344. The predicted octanol–water partition coefficient (Wildman–Crippen LogP) is 2.95. The Labute approximate surface area is 92.0 Å². The number of allylic oxidation sites excluding steroid dienone is 2. The SMILES string of the molecule is C=CCC1=C(C(=C)OCC)CCCC1O. The van der Waals surface area contributed by atoms with Crippen molar-refractivity contribution in [3.8, 4) is 0 Å². The van der Waals surface area contributed by atoms with Gasteiger partial charge in [0.15, 0.2) is 0 Å². The summed E-state index contributed by atoms with van der Waals surface area (Å²) in [5.74, 6) is 0.716. The summed E-state index contributed by atoms with van der Waals surface area (Å²) in [5, 5.41) is 9.89. The van der Waals surface area contributed by atoms with Crippen molar-refractivity contribution in [2.75, 3.05) is 6.61 Å². The van der Waals surface area contributed by atoms with Crippen molar-refractivity contribution >= 4 is 0 Å². The summed E-state index contributed by atoms with van der Waals surface area (Å²) in [5.41, 5.74) is 2.13. The Morgan fingerprint density at radius 3 is 3.00 bits per heavy atom. The van der Waals surface area contributed by atoms with Crippen LogP contribution in [-0.2, 0) is 4.74 Å². The van der Waals surface area contributed by atoms with E-state index in [0.29, 0.717) is 12.4 Å². The molecule has 1 rings (SSSR count). The molecular weight excluding hydrogens is 188 g/mol. The Hall–Kier alpha value is -1.02. The lowest BCUT2D eigenvalue weighted by molar-refractivity contribution is 0.179. The van der Waals surface area contributed by atoms with Gasteiger partial charge in [-0.2, -0.15) is 0 Å². The zero-order valence-corrected chi connectivity index (χ0v) is 9.46. The summed E-state index contributed by atoms with van der Waals surface area (Å²) in [4.78, 5) is 0. The normalized spacial score (nSPS) is 21.3. The molecule has 1 aliphatic rings. The highest BCUT2D eigenvalue weighted by molar-refractivity contribution is 5.34. The van der Waals surface area contributed by atoms with Gasteiger partial charge in [0.1, 0.15) is 5.76 Å². The second-order valence-electron chi connectivity index (χ2n) is 3.76. The van der Waals surface area contributed by atoms with E-state index >= 15 is 0 Å². The molecule has 0 aliphatic heterocycles. The van der Waals surface area contributed by atoms with Gasteiger partial charge in [-0.1, -0.05) is 12.7 Å². The van der Waals surface area contributed by atoms with Gasteiger partial charge in [-0.15, -0.1) is 6.58 Å². The highest BCUT2D eigenvalue weighted by Crippen LogP contribution is 2.31. The fourth-order valence-electron chi connectivity index (χ4n) is 2.00. The fraction of sp³-hybridized carbons (Fsp3) is 0.538. The second-order valence-corrected chi connectivity index (χ2v) is 3.76. The third-order valence-electron chi connectivity index (χ3n) is 2.71. The largest absolute Gasteiger partial charge is 0.494 e. The Morgan fingerprint density at radius 2 is 2.40 bits per heavy atom. The lowest BCUT2D eigenvalue weighted by Crippen LogP contribution is -2.18. The second kappa shape index (κ2) is 5.76. The monoisotopic (exact) mass is 208 g/mol. The zero-order chi connectivity index (χ0) is 11.3. The fourth-order valence-corrected chi connectivity index (χ4v) is 2.00. The first-order chi connectivity index (χ1) is 7.20. The molecule has 0 radical (unpaired) electrons. The molecule has 1 atom stereocenters. The molecule has 1 N–H and O–H groups in total. The summed E-state index contributed by atoms with van der Waals surface area (Å²) in [6.45, 7) is 10.2. The van der Waals surface area contributed by atoms with E-state index in [2.05, 4.69) is 13.2 Å². The highest BCUT2D eigenvalue weighted by Gasteiger charge is 2.22. The molecule has 1 aliphatic carbocycles. The first-order valence-electron chi connectivity index (χ1n) is 5.53. The van der Waals surface area contributed by atoms with E-state index < -0.39 is 0 Å². The summed E-state index contributed by atoms with van der Waals surface area (Å²) in [7, 11) is 0. The van der Waals surface area contributed by atoms with Gasteiger partial charge in [-0.25, -0.2) is 0 Å². The molecule has 0 aromatic heterocycles. The summed E-state index contributed by atoms with van der Waals surface area (Å²) in [6, 6.07) is 0. The van der Waals surface area contributed by atoms with Crippen LogP contribution in [0.5, 0.6) is 0 Å². The van der Waals surface area contributed by atoms with Gasteiger partial charge in [0.2, 0.25) is 0 Å². The first-order valence-corrected chi connectivity index (χ1v) is 5.53. The molecule has 0 aromatic carbocycles. The number of rotatable bonds is 5. The quantitative estimate of drug-likeness (QED) is 0.556. The smallest absolute Gasteiger partial charge is 0.115 e. The number of hydrogen-bond acceptors (Lipinski definition) is 2.